The summed E-state index contributed by atoms with van der Waals surface area (Å²) in [6.07, 6.45) is 0. The van der Waals surface area contributed by atoms with Crippen molar-refractivity contribution in [3.63, 3.8) is 0 Å². The Labute approximate surface area is 121 Å². The zero-order chi connectivity index (χ0) is 13.0. The molecular formula is C15H16BrNS. The summed E-state index contributed by atoms with van der Waals surface area (Å²) in [5.41, 5.74) is 8.37. The van der Waals surface area contributed by atoms with Gasteiger partial charge in [-0.3, -0.25) is 0 Å². The van der Waals surface area contributed by atoms with Crippen molar-refractivity contribution < 1.29 is 0 Å². The molecule has 1 nitrogen and oxygen atoms in total. The number of hydrogen-bond donors (Lipinski definition) is 1. The lowest BCUT2D eigenvalue weighted by atomic mass is 10.1. The van der Waals surface area contributed by atoms with E-state index >= 15 is 0 Å². The van der Waals surface area contributed by atoms with E-state index in [1.54, 1.807) is 0 Å². The largest absolute Gasteiger partial charge is 0.324 e. The fourth-order valence-electron chi connectivity index (χ4n) is 1.65. The lowest BCUT2D eigenvalue weighted by molar-refractivity contribution is 0.815. The van der Waals surface area contributed by atoms with Gasteiger partial charge in [-0.2, -0.15) is 0 Å². The molecule has 2 rings (SSSR count). The van der Waals surface area contributed by atoms with Crippen molar-refractivity contribution in [1.29, 1.82) is 0 Å². The Kier molecular flexibility index (Phi) is 4.87. The van der Waals surface area contributed by atoms with Crippen LogP contribution >= 0.6 is 27.7 Å². The summed E-state index contributed by atoms with van der Waals surface area (Å²) in [6, 6.07) is 16.9. The molecule has 0 aliphatic carbocycles. The molecule has 0 radical (unpaired) electrons. The summed E-state index contributed by atoms with van der Waals surface area (Å²) in [7, 11) is 0. The van der Waals surface area contributed by atoms with Gasteiger partial charge in [0.2, 0.25) is 0 Å². The van der Waals surface area contributed by atoms with Crippen LogP contribution in [0, 0.1) is 0 Å². The van der Waals surface area contributed by atoms with Crippen LogP contribution in [0.15, 0.2) is 57.9 Å². The van der Waals surface area contributed by atoms with Gasteiger partial charge in [0.1, 0.15) is 0 Å². The van der Waals surface area contributed by atoms with Crippen molar-refractivity contribution >= 4 is 27.7 Å². The van der Waals surface area contributed by atoms with Gasteiger partial charge in [-0.1, -0.05) is 36.4 Å². The molecule has 0 unspecified atom stereocenters. The molecule has 0 fully saturated rings. The first kappa shape index (κ1) is 13.7. The van der Waals surface area contributed by atoms with Crippen molar-refractivity contribution in [1.82, 2.24) is 0 Å². The molecule has 2 aromatic rings. The normalized spacial score (nSPS) is 12.4. The van der Waals surface area contributed by atoms with Crippen molar-refractivity contribution in [3.8, 4) is 0 Å². The van der Waals surface area contributed by atoms with E-state index in [4.69, 9.17) is 5.73 Å². The fourth-order valence-corrected chi connectivity index (χ4v) is 3.27. The van der Waals surface area contributed by atoms with Crippen LogP contribution in [0.5, 0.6) is 0 Å². The monoisotopic (exact) mass is 321 g/mol. The van der Waals surface area contributed by atoms with Crippen LogP contribution in [-0.4, -0.2) is 0 Å². The molecule has 0 amide bonds. The van der Waals surface area contributed by atoms with E-state index in [2.05, 4.69) is 58.4 Å². The molecule has 0 heterocycles. The maximum absolute atomic E-state index is 5.87. The Balaban J connectivity index is 2.06. The van der Waals surface area contributed by atoms with Crippen LogP contribution in [0.2, 0.25) is 0 Å². The Morgan fingerprint density at radius 1 is 1.17 bits per heavy atom. The molecule has 0 aliphatic heterocycles. The third-order valence-corrected chi connectivity index (χ3v) is 4.78. The Morgan fingerprint density at radius 2 is 1.89 bits per heavy atom. The second-order valence-electron chi connectivity index (χ2n) is 4.25. The van der Waals surface area contributed by atoms with Crippen LogP contribution in [0.1, 0.15) is 24.1 Å². The van der Waals surface area contributed by atoms with Gasteiger partial charge in [0.25, 0.3) is 0 Å². The van der Waals surface area contributed by atoms with Crippen LogP contribution in [0.3, 0.4) is 0 Å². The predicted molar refractivity (Wildman–Crippen MR) is 82.7 cm³/mol. The summed E-state index contributed by atoms with van der Waals surface area (Å²) >= 11 is 5.45. The van der Waals surface area contributed by atoms with Gasteiger partial charge in [-0.25, -0.2) is 0 Å². The van der Waals surface area contributed by atoms with Crippen LogP contribution in [0.4, 0.5) is 0 Å². The standard InChI is InChI=1S/C15H16BrNS/c1-11(17)13-7-8-15(14(16)9-13)18-10-12-5-3-2-4-6-12/h2-9,11H,10,17H2,1H3/t11-/m0/s1. The van der Waals surface area contributed by atoms with Gasteiger partial charge < -0.3 is 5.73 Å². The minimum atomic E-state index is 0.0782. The van der Waals surface area contributed by atoms with E-state index in [1.807, 2.05) is 24.8 Å². The summed E-state index contributed by atoms with van der Waals surface area (Å²) in [5.74, 6) is 0.983. The van der Waals surface area contributed by atoms with Gasteiger partial charge in [-0.15, -0.1) is 11.8 Å². The maximum Gasteiger partial charge on any atom is 0.0314 e. The first-order chi connectivity index (χ1) is 8.66. The zero-order valence-corrected chi connectivity index (χ0v) is 12.7. The second kappa shape index (κ2) is 6.41. The first-order valence-corrected chi connectivity index (χ1v) is 7.66. The minimum absolute atomic E-state index is 0.0782. The number of halogens is 1. The van der Waals surface area contributed by atoms with Crippen molar-refractivity contribution in [2.45, 2.75) is 23.6 Å². The number of hydrogen-bond acceptors (Lipinski definition) is 2. The molecule has 2 N–H and O–H groups in total. The van der Waals surface area contributed by atoms with Gasteiger partial charge in [0, 0.05) is 21.2 Å². The summed E-state index contributed by atoms with van der Waals surface area (Å²) in [4.78, 5) is 1.25. The lowest BCUT2D eigenvalue weighted by Crippen LogP contribution is -2.04. The quantitative estimate of drug-likeness (QED) is 0.821. The average molecular weight is 322 g/mol. The van der Waals surface area contributed by atoms with E-state index in [0.717, 1.165) is 15.8 Å². The van der Waals surface area contributed by atoms with Gasteiger partial charge >= 0.3 is 0 Å². The van der Waals surface area contributed by atoms with E-state index in [-0.39, 0.29) is 6.04 Å². The molecule has 2 aromatic carbocycles. The Hall–Kier alpha value is -0.770. The summed E-state index contributed by atoms with van der Waals surface area (Å²) in [6.45, 7) is 2.00. The molecule has 18 heavy (non-hydrogen) atoms. The van der Waals surface area contributed by atoms with E-state index in [0.29, 0.717) is 0 Å². The molecule has 0 bridgehead atoms. The SMILES string of the molecule is C[C@H](N)c1ccc(SCc2ccccc2)c(Br)c1. The Morgan fingerprint density at radius 3 is 2.50 bits per heavy atom. The van der Waals surface area contributed by atoms with Crippen LogP contribution in [-0.2, 0) is 5.75 Å². The molecule has 3 heteroatoms. The number of thioether (sulfide) groups is 1. The molecule has 0 spiro atoms. The highest BCUT2D eigenvalue weighted by molar-refractivity contribution is 9.10. The molecule has 1 atom stereocenters. The van der Waals surface area contributed by atoms with Gasteiger partial charge in [0.15, 0.2) is 0 Å². The highest BCUT2D eigenvalue weighted by atomic mass is 79.9. The molecule has 0 saturated heterocycles. The van der Waals surface area contributed by atoms with Crippen LogP contribution in [0.25, 0.3) is 0 Å². The first-order valence-electron chi connectivity index (χ1n) is 5.88. The van der Waals surface area contributed by atoms with Crippen molar-refractivity contribution in [2.75, 3.05) is 0 Å². The lowest BCUT2D eigenvalue weighted by Gasteiger charge is -2.09. The molecule has 94 valence electrons. The van der Waals surface area contributed by atoms with E-state index in [9.17, 15) is 0 Å². The third kappa shape index (κ3) is 3.61. The van der Waals surface area contributed by atoms with Gasteiger partial charge in [-0.05, 0) is 46.1 Å². The molecule has 0 saturated carbocycles. The smallest absolute Gasteiger partial charge is 0.0314 e. The second-order valence-corrected chi connectivity index (χ2v) is 6.12. The molecule has 0 aliphatic rings. The topological polar surface area (TPSA) is 26.0 Å². The van der Waals surface area contributed by atoms with Crippen molar-refractivity contribution in [2.24, 2.45) is 5.73 Å². The molecule has 0 aromatic heterocycles. The number of nitrogens with two attached hydrogens (primary N) is 1. The maximum atomic E-state index is 5.87. The van der Waals surface area contributed by atoms with Gasteiger partial charge in [0.05, 0.1) is 0 Å². The third-order valence-electron chi connectivity index (χ3n) is 2.72. The van der Waals surface area contributed by atoms with Crippen molar-refractivity contribution in [3.05, 3.63) is 64.1 Å². The highest BCUT2D eigenvalue weighted by Crippen LogP contribution is 2.31. The Bertz CT molecular complexity index is 511. The van der Waals surface area contributed by atoms with Crippen LogP contribution < -0.4 is 5.73 Å². The summed E-state index contributed by atoms with van der Waals surface area (Å²) in [5, 5.41) is 0. The predicted octanol–water partition coefficient (Wildman–Crippen LogP) is 4.76. The summed E-state index contributed by atoms with van der Waals surface area (Å²) < 4.78 is 1.12. The zero-order valence-electron chi connectivity index (χ0n) is 10.3. The fraction of sp³-hybridized carbons (Fsp3) is 0.200. The highest BCUT2D eigenvalue weighted by Gasteiger charge is 2.05. The average Bonchev–Trinajstić information content (AvgIpc) is 2.38. The minimum Gasteiger partial charge on any atom is -0.324 e. The number of benzene rings is 2. The molecular weight excluding hydrogens is 306 g/mol. The van der Waals surface area contributed by atoms with E-state index in [1.165, 1.54) is 10.5 Å². The van der Waals surface area contributed by atoms with E-state index < -0.39 is 0 Å². The number of rotatable bonds is 4.